The predicted molar refractivity (Wildman–Crippen MR) is 148 cm³/mol. The van der Waals surface area contributed by atoms with Gasteiger partial charge in [0.25, 0.3) is 5.91 Å². The highest BCUT2D eigenvalue weighted by atomic mass is 19.1. The summed E-state index contributed by atoms with van der Waals surface area (Å²) in [5.41, 5.74) is 7.17. The minimum Gasteiger partial charge on any atom is -0.489 e. The number of primary amides is 1. The Morgan fingerprint density at radius 1 is 1.15 bits per heavy atom. The summed E-state index contributed by atoms with van der Waals surface area (Å²) >= 11 is 0. The average Bonchev–Trinajstić information content (AvgIpc) is 3.91. The molecule has 0 radical (unpaired) electrons. The highest BCUT2D eigenvalue weighted by molar-refractivity contribution is 5.94. The van der Waals surface area contributed by atoms with E-state index in [1.54, 1.807) is 37.4 Å². The van der Waals surface area contributed by atoms with E-state index in [0.717, 1.165) is 37.0 Å². The number of rotatable bonds is 8. The summed E-state index contributed by atoms with van der Waals surface area (Å²) in [6, 6.07) is 11.0. The van der Waals surface area contributed by atoms with Gasteiger partial charge in [0, 0.05) is 29.4 Å². The molecule has 2 aliphatic carbocycles. The third-order valence-electron chi connectivity index (χ3n) is 8.68. The number of amides is 2. The minimum absolute atomic E-state index is 0.0226. The summed E-state index contributed by atoms with van der Waals surface area (Å²) in [6.45, 7) is 1.63. The number of carbonyl (C=O) groups excluding carboxylic acids is 2. The van der Waals surface area contributed by atoms with Crippen molar-refractivity contribution in [1.29, 1.82) is 0 Å². The lowest BCUT2D eigenvalue weighted by molar-refractivity contribution is -0.123. The van der Waals surface area contributed by atoms with Gasteiger partial charge < -0.3 is 25.3 Å². The van der Waals surface area contributed by atoms with Crippen molar-refractivity contribution < 1.29 is 23.8 Å². The van der Waals surface area contributed by atoms with Gasteiger partial charge in [-0.1, -0.05) is 0 Å². The number of hydrogen-bond donors (Lipinski definition) is 3. The Bertz CT molecular complexity index is 1710. The lowest BCUT2D eigenvalue weighted by Gasteiger charge is -2.30. The molecule has 10 heteroatoms. The fourth-order valence-corrected chi connectivity index (χ4v) is 5.66. The summed E-state index contributed by atoms with van der Waals surface area (Å²) in [7, 11) is 0. The van der Waals surface area contributed by atoms with Gasteiger partial charge in [0.05, 0.1) is 23.5 Å². The van der Waals surface area contributed by atoms with E-state index in [1.807, 2.05) is 16.7 Å². The number of aromatic nitrogens is 3. The average molecular weight is 556 g/mol. The van der Waals surface area contributed by atoms with Crippen LogP contribution in [-0.2, 0) is 15.8 Å². The first kappa shape index (κ1) is 25.6. The lowest BCUT2D eigenvalue weighted by atomic mass is 9.81. The van der Waals surface area contributed by atoms with Crippen molar-refractivity contribution in [2.24, 2.45) is 11.7 Å². The van der Waals surface area contributed by atoms with Gasteiger partial charge >= 0.3 is 0 Å². The fraction of sp³-hybridized carbons (Fsp3) is 0.355. The van der Waals surface area contributed by atoms with Crippen molar-refractivity contribution in [3.8, 4) is 17.0 Å². The molecule has 2 fully saturated rings. The van der Waals surface area contributed by atoms with Crippen LogP contribution in [0.1, 0.15) is 65.8 Å². The molecule has 0 spiro atoms. The fourth-order valence-electron chi connectivity index (χ4n) is 5.66. The van der Waals surface area contributed by atoms with E-state index < -0.39 is 22.7 Å². The first-order valence-electron chi connectivity index (χ1n) is 13.9. The van der Waals surface area contributed by atoms with E-state index in [4.69, 9.17) is 15.5 Å². The summed E-state index contributed by atoms with van der Waals surface area (Å²) in [5.74, 6) is -0.572. The lowest BCUT2D eigenvalue weighted by Crippen LogP contribution is -2.44. The SMILES string of the molecule is C[C@]1(C(N)=O)COc2c1cc([C@@](O)(CNC(=O)c1ccc3nc(C4CC4)cn3c1)C1CC1)nc2-c1ccc(F)cc1. The van der Waals surface area contributed by atoms with Gasteiger partial charge in [-0.05, 0) is 81.0 Å². The van der Waals surface area contributed by atoms with E-state index in [2.05, 4.69) is 10.3 Å². The number of nitrogens with zero attached hydrogens (tertiary/aromatic N) is 3. The van der Waals surface area contributed by atoms with Crippen molar-refractivity contribution in [3.63, 3.8) is 0 Å². The third kappa shape index (κ3) is 4.33. The number of imidazole rings is 1. The number of carbonyl (C=O) groups is 2. The normalized spacial score (nSPS) is 21.2. The first-order chi connectivity index (χ1) is 19.7. The second kappa shape index (κ2) is 9.10. The van der Waals surface area contributed by atoms with Crippen LogP contribution in [0.15, 0.2) is 54.9 Å². The molecular formula is C31H30FN5O4. The van der Waals surface area contributed by atoms with Crippen molar-refractivity contribution in [2.45, 2.75) is 49.5 Å². The summed E-state index contributed by atoms with van der Waals surface area (Å²) in [5, 5.41) is 15.0. The molecule has 9 nitrogen and oxygen atoms in total. The molecule has 210 valence electrons. The van der Waals surface area contributed by atoms with E-state index in [0.29, 0.717) is 39.7 Å². The molecule has 3 aliphatic rings. The van der Waals surface area contributed by atoms with Crippen LogP contribution in [0.2, 0.25) is 0 Å². The zero-order chi connectivity index (χ0) is 28.5. The number of hydrogen-bond acceptors (Lipinski definition) is 6. The number of ether oxygens (including phenoxy) is 1. The van der Waals surface area contributed by atoms with Crippen molar-refractivity contribution >= 4 is 17.5 Å². The molecule has 1 aromatic carbocycles. The number of fused-ring (bicyclic) bond motifs is 2. The molecule has 0 unspecified atom stereocenters. The van der Waals surface area contributed by atoms with Crippen LogP contribution < -0.4 is 15.8 Å². The Morgan fingerprint density at radius 3 is 2.59 bits per heavy atom. The Labute approximate surface area is 235 Å². The number of aliphatic hydroxyl groups is 1. The Kier molecular flexibility index (Phi) is 5.69. The smallest absolute Gasteiger partial charge is 0.252 e. The van der Waals surface area contributed by atoms with Crippen LogP contribution in [0.25, 0.3) is 16.9 Å². The number of pyridine rings is 2. The molecule has 3 aromatic heterocycles. The zero-order valence-corrected chi connectivity index (χ0v) is 22.6. The van der Waals surface area contributed by atoms with Crippen LogP contribution in [-0.4, -0.2) is 44.4 Å². The van der Waals surface area contributed by atoms with Crippen LogP contribution in [0.4, 0.5) is 4.39 Å². The van der Waals surface area contributed by atoms with Crippen molar-refractivity contribution in [1.82, 2.24) is 19.7 Å². The topological polar surface area (TPSA) is 132 Å². The number of halogens is 1. The maximum atomic E-state index is 13.7. The molecule has 0 bridgehead atoms. The molecule has 7 rings (SSSR count). The van der Waals surface area contributed by atoms with E-state index in [1.165, 1.54) is 12.1 Å². The van der Waals surface area contributed by atoms with Crippen molar-refractivity contribution in [2.75, 3.05) is 13.2 Å². The Balaban J connectivity index is 1.23. The molecule has 4 N–H and O–H groups in total. The number of nitrogens with one attached hydrogen (secondary N) is 1. The monoisotopic (exact) mass is 555 g/mol. The predicted octanol–water partition coefficient (Wildman–Crippen LogP) is 3.58. The van der Waals surface area contributed by atoms with E-state index in [9.17, 15) is 19.1 Å². The second-order valence-corrected chi connectivity index (χ2v) is 11.7. The van der Waals surface area contributed by atoms with Crippen LogP contribution in [0.3, 0.4) is 0 Å². The molecule has 2 amide bonds. The highest BCUT2D eigenvalue weighted by Gasteiger charge is 2.50. The van der Waals surface area contributed by atoms with Gasteiger partial charge in [-0.3, -0.25) is 9.59 Å². The van der Waals surface area contributed by atoms with Gasteiger partial charge in [0.1, 0.15) is 40.5 Å². The van der Waals surface area contributed by atoms with Crippen LogP contribution in [0, 0.1) is 11.7 Å². The van der Waals surface area contributed by atoms with E-state index in [-0.39, 0.29) is 25.0 Å². The maximum absolute atomic E-state index is 13.7. The van der Waals surface area contributed by atoms with Gasteiger partial charge in [-0.15, -0.1) is 0 Å². The first-order valence-corrected chi connectivity index (χ1v) is 13.9. The molecule has 0 saturated heterocycles. The van der Waals surface area contributed by atoms with E-state index >= 15 is 0 Å². The van der Waals surface area contributed by atoms with Gasteiger partial charge in [-0.25, -0.2) is 14.4 Å². The van der Waals surface area contributed by atoms with Crippen LogP contribution in [0.5, 0.6) is 5.75 Å². The highest BCUT2D eigenvalue weighted by Crippen LogP contribution is 2.50. The quantitative estimate of drug-likeness (QED) is 0.305. The summed E-state index contributed by atoms with van der Waals surface area (Å²) in [4.78, 5) is 35.3. The minimum atomic E-state index is -1.52. The molecule has 4 aromatic rings. The standard InChI is InChI=1S/C31H30FN5O4/c1-30(29(33)39)16-41-27-22(30)12-24(36-26(27)18-4-9-21(32)10-5-18)31(40,20-7-8-20)15-34-28(38)19-6-11-25-35-23(17-2-3-17)14-37(25)13-19/h4-6,9-14,17,20,40H,2-3,7-8,15-16H2,1H3,(H2,33,39)(H,34,38)/t30-,31+/m0/s1. The summed E-state index contributed by atoms with van der Waals surface area (Å²) < 4.78 is 21.5. The number of nitrogens with two attached hydrogens (primary N) is 1. The molecule has 2 saturated carbocycles. The maximum Gasteiger partial charge on any atom is 0.252 e. The van der Waals surface area contributed by atoms with Crippen LogP contribution >= 0.6 is 0 Å². The van der Waals surface area contributed by atoms with Gasteiger partial charge in [-0.2, -0.15) is 0 Å². The van der Waals surface area contributed by atoms with Gasteiger partial charge in [0.15, 0.2) is 0 Å². The van der Waals surface area contributed by atoms with Gasteiger partial charge in [0.2, 0.25) is 5.91 Å². The Morgan fingerprint density at radius 2 is 1.90 bits per heavy atom. The molecule has 41 heavy (non-hydrogen) atoms. The summed E-state index contributed by atoms with van der Waals surface area (Å²) in [6.07, 6.45) is 7.50. The molecular weight excluding hydrogens is 525 g/mol. The largest absolute Gasteiger partial charge is 0.489 e. The Hall–Kier alpha value is -4.31. The van der Waals surface area contributed by atoms with Crippen molar-refractivity contribution in [3.05, 3.63) is 83.2 Å². The molecule has 1 aliphatic heterocycles. The number of benzene rings is 1. The second-order valence-electron chi connectivity index (χ2n) is 11.7. The third-order valence-corrected chi connectivity index (χ3v) is 8.68. The zero-order valence-electron chi connectivity index (χ0n) is 22.6. The molecule has 4 heterocycles. The molecule has 2 atom stereocenters.